The molecule has 0 aliphatic heterocycles. The number of imidazole rings is 1. The minimum Gasteiger partial charge on any atom is -0.476 e. The second-order valence-electron chi connectivity index (χ2n) is 3.21. The van der Waals surface area contributed by atoms with Crippen LogP contribution in [-0.2, 0) is 0 Å². The van der Waals surface area contributed by atoms with Crippen LogP contribution in [0.25, 0.3) is 5.65 Å². The zero-order valence-electron chi connectivity index (χ0n) is 8.25. The van der Waals surface area contributed by atoms with Gasteiger partial charge in [-0.3, -0.25) is 0 Å². The summed E-state index contributed by atoms with van der Waals surface area (Å²) < 4.78 is 1.21. The molecular formula is C9H7N3O4. The third-order valence-electron chi connectivity index (χ3n) is 2.19. The summed E-state index contributed by atoms with van der Waals surface area (Å²) >= 11 is 0. The van der Waals surface area contributed by atoms with E-state index in [-0.39, 0.29) is 5.65 Å². The van der Waals surface area contributed by atoms with E-state index in [2.05, 4.69) is 4.98 Å². The van der Waals surface area contributed by atoms with Crippen molar-refractivity contribution in [1.29, 1.82) is 0 Å². The largest absolute Gasteiger partial charge is 0.476 e. The third-order valence-corrected chi connectivity index (χ3v) is 2.19. The van der Waals surface area contributed by atoms with E-state index in [9.17, 15) is 14.9 Å². The van der Waals surface area contributed by atoms with Crippen molar-refractivity contribution in [3.8, 4) is 0 Å². The molecule has 1 N–H and O–H groups in total. The zero-order chi connectivity index (χ0) is 11.9. The van der Waals surface area contributed by atoms with Gasteiger partial charge in [-0.15, -0.1) is 0 Å². The number of carbonyl (C=O) groups is 1. The Labute approximate surface area is 89.1 Å². The van der Waals surface area contributed by atoms with Crippen molar-refractivity contribution in [2.45, 2.75) is 6.92 Å². The lowest BCUT2D eigenvalue weighted by Gasteiger charge is -1.96. The van der Waals surface area contributed by atoms with Crippen molar-refractivity contribution in [3.63, 3.8) is 0 Å². The van der Waals surface area contributed by atoms with Gasteiger partial charge in [0.15, 0.2) is 0 Å². The van der Waals surface area contributed by atoms with Crippen LogP contribution in [0, 0.1) is 17.0 Å². The lowest BCUT2D eigenvalue weighted by molar-refractivity contribution is -0.390. The Kier molecular flexibility index (Phi) is 2.08. The molecule has 7 heteroatoms. The van der Waals surface area contributed by atoms with Crippen LogP contribution in [-0.4, -0.2) is 25.4 Å². The van der Waals surface area contributed by atoms with Crippen molar-refractivity contribution in [3.05, 3.63) is 39.7 Å². The fraction of sp³-hybridized carbons (Fsp3) is 0.111. The van der Waals surface area contributed by atoms with E-state index in [0.717, 1.165) is 0 Å². The molecule has 7 nitrogen and oxygen atoms in total. The minimum atomic E-state index is -1.41. The number of aromatic carboxylic acids is 1. The molecule has 0 saturated carbocycles. The summed E-state index contributed by atoms with van der Waals surface area (Å²) in [5.74, 6) is -1.92. The maximum absolute atomic E-state index is 10.8. The SMILES string of the molecule is Cc1cccc2nc(C(=O)O)c([N+](=O)[O-])n12. The molecule has 0 aliphatic carbocycles. The van der Waals surface area contributed by atoms with Crippen LogP contribution < -0.4 is 0 Å². The highest BCUT2D eigenvalue weighted by Crippen LogP contribution is 2.22. The average molecular weight is 221 g/mol. The van der Waals surface area contributed by atoms with Crippen LogP contribution >= 0.6 is 0 Å². The molecule has 2 rings (SSSR count). The number of rotatable bonds is 2. The van der Waals surface area contributed by atoms with Crippen molar-refractivity contribution in [2.24, 2.45) is 0 Å². The monoisotopic (exact) mass is 221 g/mol. The number of hydrogen-bond acceptors (Lipinski definition) is 4. The fourth-order valence-electron chi connectivity index (χ4n) is 1.55. The Morgan fingerprint density at radius 3 is 2.81 bits per heavy atom. The van der Waals surface area contributed by atoms with Crippen LogP contribution in [0.3, 0.4) is 0 Å². The summed E-state index contributed by atoms with van der Waals surface area (Å²) in [5.41, 5.74) is 0.271. The van der Waals surface area contributed by atoms with Crippen molar-refractivity contribution in [1.82, 2.24) is 9.38 Å². The van der Waals surface area contributed by atoms with Crippen molar-refractivity contribution < 1.29 is 14.8 Å². The first kappa shape index (κ1) is 10.1. The molecular weight excluding hydrogens is 214 g/mol. The van der Waals surface area contributed by atoms with E-state index < -0.39 is 22.4 Å². The zero-order valence-corrected chi connectivity index (χ0v) is 8.25. The number of nitro groups is 1. The van der Waals surface area contributed by atoms with E-state index in [4.69, 9.17) is 5.11 Å². The lowest BCUT2D eigenvalue weighted by atomic mass is 10.3. The van der Waals surface area contributed by atoms with Crippen LogP contribution in [0.15, 0.2) is 18.2 Å². The van der Waals surface area contributed by atoms with E-state index in [1.54, 1.807) is 19.1 Å². The Balaban J connectivity index is 2.94. The van der Waals surface area contributed by atoms with Gasteiger partial charge in [-0.25, -0.2) is 4.79 Å². The molecule has 16 heavy (non-hydrogen) atoms. The number of hydrogen-bond donors (Lipinski definition) is 1. The minimum absolute atomic E-state index is 0.254. The topological polar surface area (TPSA) is 97.7 Å². The fourth-order valence-corrected chi connectivity index (χ4v) is 1.55. The van der Waals surface area contributed by atoms with Crippen LogP contribution in [0.1, 0.15) is 16.2 Å². The Morgan fingerprint density at radius 2 is 2.25 bits per heavy atom. The Morgan fingerprint density at radius 1 is 1.56 bits per heavy atom. The quantitative estimate of drug-likeness (QED) is 0.607. The average Bonchev–Trinajstić information content (AvgIpc) is 2.58. The van der Waals surface area contributed by atoms with Gasteiger partial charge in [-0.05, 0) is 17.9 Å². The maximum Gasteiger partial charge on any atom is 0.363 e. The van der Waals surface area contributed by atoms with E-state index in [1.165, 1.54) is 10.5 Å². The van der Waals surface area contributed by atoms with Crippen LogP contribution in [0.5, 0.6) is 0 Å². The predicted molar refractivity (Wildman–Crippen MR) is 53.5 cm³/mol. The molecule has 2 heterocycles. The number of aryl methyl sites for hydroxylation is 1. The smallest absolute Gasteiger partial charge is 0.363 e. The molecule has 82 valence electrons. The molecule has 0 amide bonds. The summed E-state index contributed by atoms with van der Waals surface area (Å²) in [7, 11) is 0. The Bertz CT molecular complexity index is 602. The maximum atomic E-state index is 10.8. The number of aromatic nitrogens is 2. The summed E-state index contributed by atoms with van der Waals surface area (Å²) in [5, 5.41) is 19.7. The first-order valence-electron chi connectivity index (χ1n) is 4.38. The molecule has 2 aromatic heterocycles. The molecule has 0 spiro atoms. The second kappa shape index (κ2) is 3.30. The molecule has 0 fully saturated rings. The second-order valence-corrected chi connectivity index (χ2v) is 3.21. The summed E-state index contributed by atoms with van der Waals surface area (Å²) in [6, 6.07) is 4.83. The molecule has 0 saturated heterocycles. The first-order chi connectivity index (χ1) is 7.52. The van der Waals surface area contributed by atoms with Gasteiger partial charge in [0.25, 0.3) is 0 Å². The molecule has 0 bridgehead atoms. The third kappa shape index (κ3) is 1.29. The molecule has 0 unspecified atom stereocenters. The summed E-state index contributed by atoms with van der Waals surface area (Å²) in [4.78, 5) is 24.6. The normalized spacial score (nSPS) is 10.6. The lowest BCUT2D eigenvalue weighted by Crippen LogP contribution is -2.04. The highest BCUT2D eigenvalue weighted by atomic mass is 16.6. The highest BCUT2D eigenvalue weighted by molar-refractivity contribution is 5.90. The number of fused-ring (bicyclic) bond motifs is 1. The van der Waals surface area contributed by atoms with E-state index >= 15 is 0 Å². The predicted octanol–water partition coefficient (Wildman–Crippen LogP) is 1.25. The van der Waals surface area contributed by atoms with Crippen molar-refractivity contribution >= 4 is 17.4 Å². The number of pyridine rings is 1. The van der Waals surface area contributed by atoms with Crippen LogP contribution in [0.4, 0.5) is 5.82 Å². The van der Waals surface area contributed by atoms with E-state index in [1.807, 2.05) is 0 Å². The van der Waals surface area contributed by atoms with Gasteiger partial charge in [-0.2, -0.15) is 9.38 Å². The van der Waals surface area contributed by atoms with Crippen molar-refractivity contribution in [2.75, 3.05) is 0 Å². The van der Waals surface area contributed by atoms with Gasteiger partial charge in [0.05, 0.1) is 0 Å². The van der Waals surface area contributed by atoms with Crippen LogP contribution in [0.2, 0.25) is 0 Å². The van der Waals surface area contributed by atoms with Gasteiger partial charge in [0, 0.05) is 6.07 Å². The summed E-state index contributed by atoms with van der Waals surface area (Å²) in [6.45, 7) is 1.65. The molecule has 0 aromatic carbocycles. The summed E-state index contributed by atoms with van der Waals surface area (Å²) in [6.07, 6.45) is 0. The molecule has 0 atom stereocenters. The molecule has 0 radical (unpaired) electrons. The molecule has 0 aliphatic rings. The number of nitrogens with zero attached hydrogens (tertiary/aromatic N) is 3. The van der Waals surface area contributed by atoms with Gasteiger partial charge < -0.3 is 15.2 Å². The van der Waals surface area contributed by atoms with Gasteiger partial charge in [0.1, 0.15) is 5.69 Å². The van der Waals surface area contributed by atoms with Gasteiger partial charge in [0.2, 0.25) is 11.3 Å². The standard InChI is InChI=1S/C9H7N3O4/c1-5-3-2-4-6-10-7(9(13)14)8(11(5)6)12(15)16/h2-4H,1H3,(H,13,14). The Hall–Kier alpha value is -2.44. The van der Waals surface area contributed by atoms with Gasteiger partial charge >= 0.3 is 11.8 Å². The van der Waals surface area contributed by atoms with Gasteiger partial charge in [-0.1, -0.05) is 6.07 Å². The highest BCUT2D eigenvalue weighted by Gasteiger charge is 2.28. The van der Waals surface area contributed by atoms with E-state index in [0.29, 0.717) is 5.69 Å². The molecule has 2 aromatic rings. The number of carboxylic acids is 1. The number of carboxylic acid groups (broad SMARTS) is 1. The first-order valence-corrected chi connectivity index (χ1v) is 4.38.